The van der Waals surface area contributed by atoms with Gasteiger partial charge in [0, 0.05) is 31.8 Å². The van der Waals surface area contributed by atoms with Crippen molar-refractivity contribution in [3.05, 3.63) is 17.7 Å². The van der Waals surface area contributed by atoms with Gasteiger partial charge >= 0.3 is 6.18 Å². The third-order valence-electron chi connectivity index (χ3n) is 3.32. The number of phenols is 1. The predicted octanol–water partition coefficient (Wildman–Crippen LogP) is 2.92. The van der Waals surface area contributed by atoms with Crippen LogP contribution in [0.25, 0.3) is 0 Å². The molecule has 1 heterocycles. The molecule has 0 saturated carbocycles. The molecule has 0 bridgehead atoms. The van der Waals surface area contributed by atoms with E-state index in [1.165, 1.54) is 12.1 Å². The second-order valence-corrected chi connectivity index (χ2v) is 4.97. The van der Waals surface area contributed by atoms with Crippen molar-refractivity contribution in [1.82, 2.24) is 0 Å². The number of aliphatic imine (C=N–C) groups is 1. The summed E-state index contributed by atoms with van der Waals surface area (Å²) in [6.45, 7) is 1.58. The van der Waals surface area contributed by atoms with E-state index < -0.39 is 12.8 Å². The van der Waals surface area contributed by atoms with Crippen LogP contribution in [0.4, 0.5) is 18.9 Å². The highest BCUT2D eigenvalue weighted by atomic mass is 19.4. The lowest BCUT2D eigenvalue weighted by Crippen LogP contribution is -2.24. The van der Waals surface area contributed by atoms with Gasteiger partial charge in [-0.1, -0.05) is 0 Å². The van der Waals surface area contributed by atoms with Crippen molar-refractivity contribution in [3.8, 4) is 11.5 Å². The van der Waals surface area contributed by atoms with Crippen molar-refractivity contribution in [3.63, 3.8) is 0 Å². The molecule has 1 aromatic carbocycles. The molecule has 1 saturated heterocycles. The maximum absolute atomic E-state index is 12.3. The molecule has 1 aromatic rings. The minimum Gasteiger partial charge on any atom is -0.508 e. The summed E-state index contributed by atoms with van der Waals surface area (Å²) in [5.74, 6) is -0.0702. The van der Waals surface area contributed by atoms with E-state index >= 15 is 0 Å². The summed E-state index contributed by atoms with van der Waals surface area (Å²) in [5, 5.41) is 9.59. The second kappa shape index (κ2) is 5.83. The summed E-state index contributed by atoms with van der Waals surface area (Å²) >= 11 is 0. The number of alkyl halides is 3. The normalized spacial score (nSPS) is 17.6. The molecule has 1 aliphatic rings. The zero-order valence-electron chi connectivity index (χ0n) is 11.9. The number of benzene rings is 1. The molecule has 7 heteroatoms. The first-order valence-corrected chi connectivity index (χ1v) is 6.53. The van der Waals surface area contributed by atoms with Crippen LogP contribution < -0.4 is 9.64 Å². The Morgan fingerprint density at radius 1 is 1.38 bits per heavy atom. The molecule has 4 nitrogen and oxygen atoms in total. The largest absolute Gasteiger partial charge is 0.508 e. The van der Waals surface area contributed by atoms with Crippen molar-refractivity contribution in [2.75, 3.05) is 31.6 Å². The number of anilines is 1. The molecule has 0 spiro atoms. The van der Waals surface area contributed by atoms with Gasteiger partial charge in [-0.3, -0.25) is 4.99 Å². The Hall–Kier alpha value is -1.92. The maximum Gasteiger partial charge on any atom is 0.422 e. The molecule has 1 fully saturated rings. The first kappa shape index (κ1) is 15.5. The van der Waals surface area contributed by atoms with Gasteiger partial charge in [-0.15, -0.1) is 0 Å². The molecule has 0 radical (unpaired) electrons. The third kappa shape index (κ3) is 3.80. The lowest BCUT2D eigenvalue weighted by molar-refractivity contribution is -0.153. The highest BCUT2D eigenvalue weighted by Crippen LogP contribution is 2.38. The minimum absolute atomic E-state index is 0.0437. The lowest BCUT2D eigenvalue weighted by Gasteiger charge is -2.24. The molecule has 0 aliphatic carbocycles. The molecule has 2 rings (SSSR count). The van der Waals surface area contributed by atoms with Gasteiger partial charge in [0.25, 0.3) is 0 Å². The monoisotopic (exact) mass is 302 g/mol. The minimum atomic E-state index is -4.42. The number of hydrogen-bond donors (Lipinski definition) is 1. The number of rotatable bonds is 3. The highest BCUT2D eigenvalue weighted by molar-refractivity contribution is 5.93. The molecular formula is C14H17F3N2O2. The van der Waals surface area contributed by atoms with E-state index in [0.717, 1.165) is 12.1 Å². The summed E-state index contributed by atoms with van der Waals surface area (Å²) < 4.78 is 41.9. The van der Waals surface area contributed by atoms with E-state index in [2.05, 4.69) is 4.99 Å². The SMILES string of the molecule is CN=C1CCN(c2c(C)cc(O)cc2OCC(F)(F)F)C1. The number of phenolic OH excluding ortho intramolecular Hbond substituents is 1. The van der Waals surface area contributed by atoms with E-state index in [-0.39, 0.29) is 11.5 Å². The van der Waals surface area contributed by atoms with Crippen LogP contribution in [0, 0.1) is 6.92 Å². The quantitative estimate of drug-likeness (QED) is 0.933. The highest BCUT2D eigenvalue weighted by Gasteiger charge is 2.30. The molecule has 0 unspecified atom stereocenters. The molecule has 0 amide bonds. The van der Waals surface area contributed by atoms with Gasteiger partial charge < -0.3 is 14.7 Å². The van der Waals surface area contributed by atoms with Gasteiger partial charge in [-0.25, -0.2) is 0 Å². The van der Waals surface area contributed by atoms with E-state index in [1.54, 1.807) is 14.0 Å². The van der Waals surface area contributed by atoms with Crippen LogP contribution in [0.15, 0.2) is 17.1 Å². The van der Waals surface area contributed by atoms with E-state index in [4.69, 9.17) is 4.74 Å². The predicted molar refractivity (Wildman–Crippen MR) is 74.6 cm³/mol. The van der Waals surface area contributed by atoms with Crippen LogP contribution in [0.3, 0.4) is 0 Å². The van der Waals surface area contributed by atoms with E-state index in [9.17, 15) is 18.3 Å². The van der Waals surface area contributed by atoms with Crippen LogP contribution in [0.1, 0.15) is 12.0 Å². The molecular weight excluding hydrogens is 285 g/mol. The fourth-order valence-corrected chi connectivity index (χ4v) is 2.42. The van der Waals surface area contributed by atoms with Gasteiger partial charge in [0.2, 0.25) is 0 Å². The number of nitrogens with zero attached hydrogens (tertiary/aromatic N) is 2. The van der Waals surface area contributed by atoms with Crippen molar-refractivity contribution >= 4 is 11.4 Å². The summed E-state index contributed by atoms with van der Waals surface area (Å²) in [4.78, 5) is 6.05. The van der Waals surface area contributed by atoms with Crippen molar-refractivity contribution < 1.29 is 23.0 Å². The number of hydrogen-bond acceptors (Lipinski definition) is 4. The summed E-state index contributed by atoms with van der Waals surface area (Å²) in [5.41, 5.74) is 2.24. The maximum atomic E-state index is 12.3. The fraction of sp³-hybridized carbons (Fsp3) is 0.500. The summed E-state index contributed by atoms with van der Waals surface area (Å²) in [7, 11) is 1.70. The Bertz CT molecular complexity index is 556. The Kier molecular flexibility index (Phi) is 4.29. The molecule has 116 valence electrons. The fourth-order valence-electron chi connectivity index (χ4n) is 2.42. The van der Waals surface area contributed by atoms with Crippen molar-refractivity contribution in [2.24, 2.45) is 4.99 Å². The first-order valence-electron chi connectivity index (χ1n) is 6.53. The van der Waals surface area contributed by atoms with Crippen LogP contribution in [-0.4, -0.2) is 43.7 Å². The zero-order valence-corrected chi connectivity index (χ0v) is 11.9. The number of ether oxygens (including phenoxy) is 1. The molecule has 21 heavy (non-hydrogen) atoms. The van der Waals surface area contributed by atoms with E-state index in [1.807, 2.05) is 4.90 Å². The zero-order chi connectivity index (χ0) is 15.6. The number of halogens is 3. The third-order valence-corrected chi connectivity index (χ3v) is 3.32. The first-order chi connectivity index (χ1) is 9.80. The van der Waals surface area contributed by atoms with Gasteiger partial charge in [0.15, 0.2) is 6.61 Å². The van der Waals surface area contributed by atoms with Gasteiger partial charge in [0.1, 0.15) is 11.5 Å². The Labute approximate surface area is 120 Å². The summed E-state index contributed by atoms with van der Waals surface area (Å²) in [6, 6.07) is 2.73. The Morgan fingerprint density at radius 3 is 2.67 bits per heavy atom. The van der Waals surface area contributed by atoms with Crippen LogP contribution in [-0.2, 0) is 0 Å². The smallest absolute Gasteiger partial charge is 0.422 e. The van der Waals surface area contributed by atoms with Crippen molar-refractivity contribution in [1.29, 1.82) is 0 Å². The second-order valence-electron chi connectivity index (χ2n) is 4.97. The standard InChI is InChI=1S/C14H17F3N2O2/c1-9-5-11(20)6-12(21-8-14(15,16)17)13(9)19-4-3-10(7-19)18-2/h5-6,20H,3-4,7-8H2,1-2H3. The van der Waals surface area contributed by atoms with E-state index in [0.29, 0.717) is 24.3 Å². The van der Waals surface area contributed by atoms with Crippen molar-refractivity contribution in [2.45, 2.75) is 19.5 Å². The topological polar surface area (TPSA) is 45.1 Å². The summed E-state index contributed by atoms with van der Waals surface area (Å²) in [6.07, 6.45) is -3.65. The average molecular weight is 302 g/mol. The van der Waals surface area contributed by atoms with Gasteiger partial charge in [-0.05, 0) is 18.6 Å². The Balaban J connectivity index is 2.30. The lowest BCUT2D eigenvalue weighted by atomic mass is 10.1. The molecule has 0 atom stereocenters. The van der Waals surface area contributed by atoms with Crippen LogP contribution in [0.2, 0.25) is 0 Å². The number of aromatic hydroxyl groups is 1. The Morgan fingerprint density at radius 2 is 2.10 bits per heavy atom. The van der Waals surface area contributed by atoms with Gasteiger partial charge in [0.05, 0.1) is 12.2 Å². The van der Waals surface area contributed by atoms with Crippen LogP contribution >= 0.6 is 0 Å². The molecule has 1 N–H and O–H groups in total. The average Bonchev–Trinajstić information content (AvgIpc) is 2.83. The molecule has 1 aliphatic heterocycles. The van der Waals surface area contributed by atoms with Crippen LogP contribution in [0.5, 0.6) is 11.5 Å². The van der Waals surface area contributed by atoms with Gasteiger partial charge in [-0.2, -0.15) is 13.2 Å². The number of aryl methyl sites for hydroxylation is 1. The molecule has 0 aromatic heterocycles.